The zero-order valence-electron chi connectivity index (χ0n) is 17.0. The quantitative estimate of drug-likeness (QED) is 0.783. The average Bonchev–Trinajstić information content (AvgIpc) is 2.80. The number of benzene rings is 1. The molecule has 152 valence electrons. The van der Waals surface area contributed by atoms with Crippen LogP contribution < -0.4 is 4.90 Å². The Morgan fingerprint density at radius 2 is 1.69 bits per heavy atom. The van der Waals surface area contributed by atoms with E-state index in [-0.39, 0.29) is 5.91 Å². The average molecular weight is 391 g/mol. The summed E-state index contributed by atoms with van der Waals surface area (Å²) >= 11 is 0. The molecule has 1 aromatic heterocycles. The zero-order chi connectivity index (χ0) is 19.9. The van der Waals surface area contributed by atoms with Crippen molar-refractivity contribution < 1.29 is 4.79 Å². The lowest BCUT2D eigenvalue weighted by Gasteiger charge is -2.34. The number of amides is 1. The van der Waals surface area contributed by atoms with Crippen LogP contribution in [0.4, 0.5) is 5.69 Å². The van der Waals surface area contributed by atoms with Crippen molar-refractivity contribution in [2.45, 2.75) is 19.3 Å². The van der Waals surface area contributed by atoms with Crippen molar-refractivity contribution in [2.24, 2.45) is 0 Å². The Morgan fingerprint density at radius 1 is 0.931 bits per heavy atom. The largest absolute Gasteiger partial charge is 0.370 e. The first-order valence-corrected chi connectivity index (χ1v) is 10.7. The molecule has 0 unspecified atom stereocenters. The minimum Gasteiger partial charge on any atom is -0.370 e. The number of piperidine rings is 1. The predicted octanol–water partition coefficient (Wildman–Crippen LogP) is 3.54. The van der Waals surface area contributed by atoms with E-state index in [1.807, 2.05) is 23.2 Å². The molecule has 0 saturated carbocycles. The lowest BCUT2D eigenvalue weighted by atomic mass is 10.1. The molecule has 1 aromatic carbocycles. The van der Waals surface area contributed by atoms with Crippen LogP contribution in [0.3, 0.4) is 0 Å². The smallest absolute Gasteiger partial charge is 0.255 e. The van der Waals surface area contributed by atoms with Gasteiger partial charge in [-0.2, -0.15) is 0 Å². The standard InChI is InChI=1S/C24H30N4O/c29-24(22-18-23(20-25-19-22)27-12-5-2-6-13-27)28-16-14-26(15-17-28)11-7-10-21-8-3-1-4-9-21/h1,3-4,7-10,18-20H,2,5-6,11-17H2/b10-7+. The number of hydrogen-bond donors (Lipinski definition) is 0. The van der Waals surface area contributed by atoms with E-state index in [0.717, 1.165) is 51.5 Å². The van der Waals surface area contributed by atoms with Gasteiger partial charge >= 0.3 is 0 Å². The molecule has 4 rings (SSSR count). The highest BCUT2D eigenvalue weighted by Gasteiger charge is 2.22. The van der Waals surface area contributed by atoms with E-state index < -0.39 is 0 Å². The highest BCUT2D eigenvalue weighted by Crippen LogP contribution is 2.20. The zero-order valence-corrected chi connectivity index (χ0v) is 17.0. The van der Waals surface area contributed by atoms with Gasteiger partial charge < -0.3 is 9.80 Å². The lowest BCUT2D eigenvalue weighted by Crippen LogP contribution is -2.48. The van der Waals surface area contributed by atoms with Crippen LogP contribution in [0.2, 0.25) is 0 Å². The van der Waals surface area contributed by atoms with E-state index in [1.165, 1.54) is 24.8 Å². The molecule has 3 heterocycles. The minimum atomic E-state index is 0.107. The van der Waals surface area contributed by atoms with Gasteiger partial charge in [0.2, 0.25) is 0 Å². The molecule has 2 aromatic rings. The number of hydrogen-bond acceptors (Lipinski definition) is 4. The van der Waals surface area contributed by atoms with Gasteiger partial charge in [0, 0.05) is 52.0 Å². The highest BCUT2D eigenvalue weighted by atomic mass is 16.2. The third kappa shape index (κ3) is 5.24. The molecule has 0 spiro atoms. The second-order valence-electron chi connectivity index (χ2n) is 7.89. The Labute approximate surface area is 173 Å². The van der Waals surface area contributed by atoms with Gasteiger partial charge in [-0.3, -0.25) is 14.7 Å². The summed E-state index contributed by atoms with van der Waals surface area (Å²) in [5, 5.41) is 0. The normalized spacial score (nSPS) is 18.3. The molecule has 5 nitrogen and oxygen atoms in total. The SMILES string of the molecule is O=C(c1cncc(N2CCCCC2)c1)N1CCN(C/C=C/c2ccccc2)CC1. The molecule has 2 fully saturated rings. The van der Waals surface area contributed by atoms with Crippen molar-refractivity contribution in [1.82, 2.24) is 14.8 Å². The Morgan fingerprint density at radius 3 is 2.45 bits per heavy atom. The van der Waals surface area contributed by atoms with Crippen LogP contribution in [0, 0.1) is 0 Å². The fourth-order valence-corrected chi connectivity index (χ4v) is 4.09. The Bertz CT molecular complexity index is 822. The lowest BCUT2D eigenvalue weighted by molar-refractivity contribution is 0.0650. The molecule has 0 atom stereocenters. The van der Waals surface area contributed by atoms with Gasteiger partial charge in [-0.05, 0) is 30.9 Å². The number of nitrogens with zero attached hydrogens (tertiary/aromatic N) is 4. The first-order valence-electron chi connectivity index (χ1n) is 10.7. The molecular weight excluding hydrogens is 360 g/mol. The summed E-state index contributed by atoms with van der Waals surface area (Å²) in [6.45, 7) is 6.40. The molecule has 5 heteroatoms. The predicted molar refractivity (Wildman–Crippen MR) is 118 cm³/mol. The van der Waals surface area contributed by atoms with E-state index in [0.29, 0.717) is 5.56 Å². The van der Waals surface area contributed by atoms with Crippen LogP contribution in [0.5, 0.6) is 0 Å². The van der Waals surface area contributed by atoms with Crippen molar-refractivity contribution in [3.05, 3.63) is 66.0 Å². The number of aromatic nitrogens is 1. The maximum atomic E-state index is 13.0. The summed E-state index contributed by atoms with van der Waals surface area (Å²) in [5.41, 5.74) is 3.02. The molecule has 2 aliphatic heterocycles. The summed E-state index contributed by atoms with van der Waals surface area (Å²) in [7, 11) is 0. The van der Waals surface area contributed by atoms with Gasteiger partial charge in [-0.1, -0.05) is 42.5 Å². The Hall–Kier alpha value is -2.66. The molecular formula is C24H30N4O. The molecule has 0 bridgehead atoms. The van der Waals surface area contributed by atoms with Gasteiger partial charge in [0.15, 0.2) is 0 Å². The van der Waals surface area contributed by atoms with E-state index >= 15 is 0 Å². The number of anilines is 1. The number of rotatable bonds is 5. The number of carbonyl (C=O) groups excluding carboxylic acids is 1. The van der Waals surface area contributed by atoms with Crippen LogP contribution in [0.1, 0.15) is 35.2 Å². The maximum Gasteiger partial charge on any atom is 0.255 e. The van der Waals surface area contributed by atoms with E-state index in [1.54, 1.807) is 6.20 Å². The number of pyridine rings is 1. The monoisotopic (exact) mass is 390 g/mol. The van der Waals surface area contributed by atoms with Gasteiger partial charge in [-0.15, -0.1) is 0 Å². The summed E-state index contributed by atoms with van der Waals surface area (Å²) in [5.74, 6) is 0.107. The molecule has 0 aliphatic carbocycles. The third-order valence-electron chi connectivity index (χ3n) is 5.82. The minimum absolute atomic E-state index is 0.107. The molecule has 0 radical (unpaired) electrons. The first-order chi connectivity index (χ1) is 14.3. The van der Waals surface area contributed by atoms with Crippen molar-refractivity contribution in [1.29, 1.82) is 0 Å². The van der Waals surface area contributed by atoms with Crippen LogP contribution in [-0.4, -0.2) is 66.5 Å². The summed E-state index contributed by atoms with van der Waals surface area (Å²) in [4.78, 5) is 24.0. The molecule has 0 N–H and O–H groups in total. The number of carbonyl (C=O) groups is 1. The van der Waals surface area contributed by atoms with Gasteiger partial charge in [0.1, 0.15) is 0 Å². The van der Waals surface area contributed by atoms with E-state index in [4.69, 9.17) is 0 Å². The highest BCUT2D eigenvalue weighted by molar-refractivity contribution is 5.94. The van der Waals surface area contributed by atoms with E-state index in [2.05, 4.69) is 51.2 Å². The topological polar surface area (TPSA) is 39.7 Å². The van der Waals surface area contributed by atoms with Crippen molar-refractivity contribution in [3.63, 3.8) is 0 Å². The van der Waals surface area contributed by atoms with Crippen LogP contribution >= 0.6 is 0 Å². The fourth-order valence-electron chi connectivity index (χ4n) is 4.09. The Balaban J connectivity index is 1.29. The maximum absolute atomic E-state index is 13.0. The van der Waals surface area contributed by atoms with Gasteiger partial charge in [-0.25, -0.2) is 0 Å². The first kappa shape index (κ1) is 19.6. The number of piperazine rings is 1. The second kappa shape index (κ2) is 9.70. The molecule has 2 saturated heterocycles. The summed E-state index contributed by atoms with van der Waals surface area (Å²) in [6, 6.07) is 12.4. The van der Waals surface area contributed by atoms with E-state index in [9.17, 15) is 4.79 Å². The van der Waals surface area contributed by atoms with Crippen LogP contribution in [0.15, 0.2) is 54.9 Å². The summed E-state index contributed by atoms with van der Waals surface area (Å²) in [6.07, 6.45) is 11.7. The molecule has 29 heavy (non-hydrogen) atoms. The second-order valence-corrected chi connectivity index (χ2v) is 7.89. The molecule has 2 aliphatic rings. The molecule has 1 amide bonds. The van der Waals surface area contributed by atoms with Crippen molar-refractivity contribution in [2.75, 3.05) is 50.7 Å². The van der Waals surface area contributed by atoms with Crippen LogP contribution in [0.25, 0.3) is 6.08 Å². The van der Waals surface area contributed by atoms with Crippen molar-refractivity contribution >= 4 is 17.7 Å². The van der Waals surface area contributed by atoms with Crippen LogP contribution in [-0.2, 0) is 0 Å². The van der Waals surface area contributed by atoms with Gasteiger partial charge in [0.05, 0.1) is 17.4 Å². The van der Waals surface area contributed by atoms with Crippen molar-refractivity contribution in [3.8, 4) is 0 Å². The third-order valence-corrected chi connectivity index (χ3v) is 5.82. The summed E-state index contributed by atoms with van der Waals surface area (Å²) < 4.78 is 0. The fraction of sp³-hybridized carbons (Fsp3) is 0.417. The van der Waals surface area contributed by atoms with Gasteiger partial charge in [0.25, 0.3) is 5.91 Å². The Kier molecular flexibility index (Phi) is 6.57.